The number of carbonyl (C=O) groups excluding carboxylic acids is 2. The van der Waals surface area contributed by atoms with Gasteiger partial charge < -0.3 is 45.6 Å². The Morgan fingerprint density at radius 1 is 0.456 bits per heavy atom. The first-order valence-electron chi connectivity index (χ1n) is 36.0. The summed E-state index contributed by atoms with van der Waals surface area (Å²) in [5.74, 6) is 1.58. The lowest BCUT2D eigenvalue weighted by Crippen LogP contribution is -2.23. The van der Waals surface area contributed by atoms with E-state index >= 15 is 0 Å². The van der Waals surface area contributed by atoms with Gasteiger partial charge in [0.25, 0.3) is 0 Å². The SMILES string of the molecule is CCC(C)(C)c1ccccc1.CCC(C)(C)c1ccccc1.CCC(C)(C)c1ccccc1.CCC(C)(CF)c1ccccc1.CCC(C)C1CCCc2ccccc21.CCC(C)c1cc(C(=O)CO)cc(C(=O)OC)c1.CCC(C)c1ccc(Cl)c(Cl)c1.CO.CO.CO.CO.CO.CO.CO. The van der Waals surface area contributed by atoms with E-state index in [9.17, 15) is 14.0 Å². The highest BCUT2D eigenvalue weighted by atomic mass is 35.5. The quantitative estimate of drug-likeness (QED) is 0.0300. The van der Waals surface area contributed by atoms with Crippen molar-refractivity contribution in [3.63, 3.8) is 0 Å². The van der Waals surface area contributed by atoms with E-state index in [0.29, 0.717) is 43.3 Å². The maximum atomic E-state index is 12.7. The van der Waals surface area contributed by atoms with Crippen LogP contribution in [0.5, 0.6) is 0 Å². The van der Waals surface area contributed by atoms with Gasteiger partial charge in [0, 0.05) is 60.7 Å². The fraction of sp³-hybridized carbons (Fsp3) is 0.506. The molecule has 1 aliphatic rings. The Bertz CT molecular complexity index is 2910. The van der Waals surface area contributed by atoms with Gasteiger partial charge in [-0.1, -0.05) is 299 Å². The summed E-state index contributed by atoms with van der Waals surface area (Å²) >= 11 is 11.7. The molecule has 0 amide bonds. The minimum absolute atomic E-state index is 0.236. The van der Waals surface area contributed by atoms with Crippen molar-refractivity contribution in [3.05, 3.63) is 248 Å². The smallest absolute Gasteiger partial charge is 0.337 e. The topological polar surface area (TPSA) is 205 Å². The number of alkyl halides is 1. The minimum atomic E-state index is -0.565. The molecule has 14 heteroatoms. The van der Waals surface area contributed by atoms with Crippen molar-refractivity contribution in [2.75, 3.05) is 70.2 Å². The van der Waals surface area contributed by atoms with Gasteiger partial charge in [0.15, 0.2) is 5.78 Å². The monoisotopic (exact) mass is 1470 g/mol. The van der Waals surface area contributed by atoms with Gasteiger partial charge in [-0.25, -0.2) is 4.79 Å². The number of hydrogen-bond acceptors (Lipinski definition) is 11. The molecule has 0 aromatic heterocycles. The highest BCUT2D eigenvalue weighted by Gasteiger charge is 2.25. The van der Waals surface area contributed by atoms with Crippen LogP contribution in [-0.2, 0) is 32.8 Å². The second-order valence-electron chi connectivity index (χ2n) is 26.0. The van der Waals surface area contributed by atoms with Gasteiger partial charge in [0.2, 0.25) is 0 Å². The number of aliphatic hydroxyl groups is 8. The molecular weight excluding hydrogens is 1330 g/mol. The average molecular weight is 1480 g/mol. The Hall–Kier alpha value is -6.13. The van der Waals surface area contributed by atoms with Crippen molar-refractivity contribution in [2.24, 2.45) is 5.92 Å². The normalized spacial score (nSPS) is 12.6. The van der Waals surface area contributed by atoms with Crippen LogP contribution in [0.25, 0.3) is 0 Å². The Kier molecular flexibility index (Phi) is 68.5. The number of carbonyl (C=O) groups is 2. The Morgan fingerprint density at radius 3 is 1.15 bits per heavy atom. The van der Waals surface area contributed by atoms with Gasteiger partial charge in [0.1, 0.15) is 6.61 Å². The molecule has 103 heavy (non-hydrogen) atoms. The van der Waals surface area contributed by atoms with E-state index in [-0.39, 0.29) is 18.0 Å². The number of rotatable bonds is 18. The molecule has 0 fully saturated rings. The van der Waals surface area contributed by atoms with Crippen LogP contribution >= 0.6 is 23.2 Å². The van der Waals surface area contributed by atoms with E-state index < -0.39 is 18.4 Å². The first kappa shape index (κ1) is 108. The Labute approximate surface area is 636 Å². The highest BCUT2D eigenvalue weighted by Crippen LogP contribution is 2.38. The minimum Gasteiger partial charge on any atom is -0.465 e. The summed E-state index contributed by atoms with van der Waals surface area (Å²) in [5.41, 5.74) is 12.2. The van der Waals surface area contributed by atoms with Crippen LogP contribution in [0.15, 0.2) is 182 Å². The van der Waals surface area contributed by atoms with E-state index in [0.717, 1.165) is 92.0 Å². The third kappa shape index (κ3) is 42.6. The van der Waals surface area contributed by atoms with Crippen LogP contribution in [0.1, 0.15) is 258 Å². The van der Waals surface area contributed by atoms with Crippen molar-refractivity contribution in [1.29, 1.82) is 0 Å². The molecule has 5 atom stereocenters. The van der Waals surface area contributed by atoms with Crippen LogP contribution in [0.4, 0.5) is 4.39 Å². The third-order valence-electron chi connectivity index (χ3n) is 18.8. The number of aryl methyl sites for hydroxylation is 1. The number of halogens is 3. The van der Waals surface area contributed by atoms with Crippen LogP contribution < -0.4 is 0 Å². The molecule has 0 saturated carbocycles. The molecule has 0 radical (unpaired) electrons. The van der Waals surface area contributed by atoms with Gasteiger partial charge in [-0.3, -0.25) is 9.18 Å². The number of esters is 1. The number of ketones is 1. The zero-order valence-corrected chi connectivity index (χ0v) is 69.6. The Balaban J connectivity index is -0.000000260. The van der Waals surface area contributed by atoms with E-state index in [1.54, 1.807) is 23.3 Å². The van der Waals surface area contributed by atoms with Crippen molar-refractivity contribution < 1.29 is 59.6 Å². The molecule has 7 aromatic carbocycles. The Morgan fingerprint density at radius 2 is 0.816 bits per heavy atom. The lowest BCUT2D eigenvalue weighted by molar-refractivity contribution is 0.0600. The van der Waals surface area contributed by atoms with Crippen molar-refractivity contribution in [1.82, 2.24) is 0 Å². The lowest BCUT2D eigenvalue weighted by Gasteiger charge is -2.29. The molecule has 1 aliphatic carbocycles. The standard InChI is InChI=1S/C14H18O4.C14H20.C11H15F.3C11H16.C10H12Cl2.7CH4O/c1-4-9(2)10-5-11(13(16)8-15)7-12(6-10)14(17)18-3;1-3-11(2)13-10-6-8-12-7-4-5-9-14(12)13;1-3-11(2,9-12)10-7-5-4-6-8-10;3*1-4-11(2,3)10-8-6-5-7-9-10;1-3-7(2)8-4-5-9(11)10(12)6-8;7*1-2/h5-7,9,15H,4,8H2,1-3H3;4-5,7,9,11,13H,3,6,8,10H2,1-2H3;4-8H,3,9H2,1-2H3;3*5-9H,4H2,1-3H3;4-7H,3H2,1-2H3;7*2H,1H3. The van der Waals surface area contributed by atoms with E-state index in [1.165, 1.54) is 80.4 Å². The zero-order chi connectivity index (χ0) is 80.8. The number of ether oxygens (including phenoxy) is 1. The summed E-state index contributed by atoms with van der Waals surface area (Å²) in [6.45, 7) is 36.6. The van der Waals surface area contributed by atoms with Gasteiger partial charge in [-0.05, 0) is 173 Å². The number of methoxy groups -OCH3 is 1. The van der Waals surface area contributed by atoms with Crippen molar-refractivity contribution in [3.8, 4) is 0 Å². The molecule has 0 saturated heterocycles. The first-order valence-corrected chi connectivity index (χ1v) is 36.8. The summed E-state index contributed by atoms with van der Waals surface area (Å²) in [5, 5.41) is 59.2. The fourth-order valence-electron chi connectivity index (χ4n) is 9.88. The number of benzene rings is 7. The van der Waals surface area contributed by atoms with Crippen LogP contribution in [-0.4, -0.2) is 123 Å². The summed E-state index contributed by atoms with van der Waals surface area (Å²) in [6.07, 6.45) is 11.8. The number of fused-ring (bicyclic) bond motifs is 1. The molecule has 0 aliphatic heterocycles. The van der Waals surface area contributed by atoms with E-state index in [4.69, 9.17) is 64.1 Å². The molecular formula is C89H141Cl2FO11. The number of hydrogen-bond donors (Lipinski definition) is 8. The van der Waals surface area contributed by atoms with Crippen LogP contribution in [0.2, 0.25) is 10.0 Å². The maximum absolute atomic E-state index is 12.7. The molecule has 0 spiro atoms. The number of Topliss-reactive ketones (excluding diaryl/α,β-unsaturated/α-hetero) is 1. The number of aliphatic hydroxyl groups excluding tert-OH is 8. The lowest BCUT2D eigenvalue weighted by atomic mass is 9.75. The van der Waals surface area contributed by atoms with Crippen molar-refractivity contribution in [2.45, 2.75) is 221 Å². The predicted octanol–water partition coefficient (Wildman–Crippen LogP) is 21.5. The average Bonchev–Trinajstić information content (AvgIpc) is 0.826. The largest absolute Gasteiger partial charge is 0.465 e. The second kappa shape index (κ2) is 65.4. The summed E-state index contributed by atoms with van der Waals surface area (Å²) < 4.78 is 17.4. The molecule has 8 rings (SSSR count). The molecule has 584 valence electrons. The molecule has 0 bridgehead atoms. The summed E-state index contributed by atoms with van der Waals surface area (Å²) in [6, 6.07) is 61.6. The highest BCUT2D eigenvalue weighted by molar-refractivity contribution is 6.42. The zero-order valence-electron chi connectivity index (χ0n) is 68.1. The molecule has 0 heterocycles. The van der Waals surface area contributed by atoms with E-state index in [2.05, 4.69) is 210 Å². The van der Waals surface area contributed by atoms with Gasteiger partial charge in [-0.15, -0.1) is 0 Å². The van der Waals surface area contributed by atoms with Gasteiger partial charge >= 0.3 is 5.97 Å². The van der Waals surface area contributed by atoms with Crippen molar-refractivity contribution >= 4 is 35.0 Å². The predicted molar refractivity (Wildman–Crippen MR) is 441 cm³/mol. The molecule has 11 nitrogen and oxygen atoms in total. The maximum Gasteiger partial charge on any atom is 0.337 e. The first-order chi connectivity index (χ1) is 49.2. The fourth-order valence-corrected chi connectivity index (χ4v) is 10.2. The summed E-state index contributed by atoms with van der Waals surface area (Å²) in [4.78, 5) is 23.1. The second-order valence-corrected chi connectivity index (χ2v) is 26.8. The summed E-state index contributed by atoms with van der Waals surface area (Å²) in [7, 11) is 8.30. The van der Waals surface area contributed by atoms with Crippen LogP contribution in [0.3, 0.4) is 0 Å². The van der Waals surface area contributed by atoms with Crippen LogP contribution in [0, 0.1) is 5.92 Å². The van der Waals surface area contributed by atoms with Gasteiger partial charge in [-0.2, -0.15) is 0 Å². The molecule has 7 aromatic rings. The molecule has 5 unspecified atom stereocenters. The third-order valence-corrected chi connectivity index (χ3v) is 19.5. The van der Waals surface area contributed by atoms with E-state index in [1.807, 2.05) is 76.2 Å². The van der Waals surface area contributed by atoms with Gasteiger partial charge in [0.05, 0.1) is 29.4 Å². The molecule has 8 N–H and O–H groups in total.